The van der Waals surface area contributed by atoms with Crippen LogP contribution in [-0.4, -0.2) is 19.4 Å². The van der Waals surface area contributed by atoms with Gasteiger partial charge in [-0.3, -0.25) is 4.79 Å². The van der Waals surface area contributed by atoms with Crippen molar-refractivity contribution in [3.63, 3.8) is 0 Å². The van der Waals surface area contributed by atoms with Crippen molar-refractivity contribution >= 4 is 5.52 Å². The van der Waals surface area contributed by atoms with Gasteiger partial charge in [0.15, 0.2) is 0 Å². The Morgan fingerprint density at radius 3 is 2.43 bits per heavy atom. The molecule has 3 aromatic heterocycles. The summed E-state index contributed by atoms with van der Waals surface area (Å²) in [5, 5.41) is 9.64. The highest BCUT2D eigenvalue weighted by Crippen LogP contribution is 2.34. The molecule has 0 unspecified atom stereocenters. The molecular formula is C23H22N4O. The lowest BCUT2D eigenvalue weighted by molar-refractivity contribution is 0.319. The van der Waals surface area contributed by atoms with Crippen molar-refractivity contribution in [3.05, 3.63) is 77.2 Å². The molecule has 5 heteroatoms. The summed E-state index contributed by atoms with van der Waals surface area (Å²) in [5.74, 6) is 0. The summed E-state index contributed by atoms with van der Waals surface area (Å²) in [5.41, 5.74) is 4.66. The van der Waals surface area contributed by atoms with Gasteiger partial charge in [-0.15, -0.1) is 0 Å². The molecule has 4 aromatic rings. The average Bonchev–Trinajstić information content (AvgIpc) is 3.15. The van der Waals surface area contributed by atoms with Gasteiger partial charge in [0.05, 0.1) is 22.8 Å². The molecule has 0 radical (unpaired) electrons. The Kier molecular flexibility index (Phi) is 4.28. The molecule has 1 aliphatic carbocycles. The molecule has 0 spiro atoms. The molecule has 28 heavy (non-hydrogen) atoms. The largest absolute Gasteiger partial charge is 0.268 e. The van der Waals surface area contributed by atoms with Crippen LogP contribution >= 0.6 is 0 Å². The number of benzene rings is 1. The molecule has 0 amide bonds. The number of nitrogens with zero attached hydrogens (tertiary/aromatic N) is 4. The number of hydrogen-bond donors (Lipinski definition) is 0. The second-order valence-corrected chi connectivity index (χ2v) is 7.41. The fourth-order valence-corrected chi connectivity index (χ4v) is 4.20. The van der Waals surface area contributed by atoms with Crippen molar-refractivity contribution in [2.75, 3.05) is 0 Å². The lowest BCUT2D eigenvalue weighted by Gasteiger charge is -2.23. The molecule has 0 saturated heterocycles. The summed E-state index contributed by atoms with van der Waals surface area (Å²) in [7, 11) is 0. The van der Waals surface area contributed by atoms with Gasteiger partial charge in [0.2, 0.25) is 0 Å². The molecule has 5 nitrogen and oxygen atoms in total. The van der Waals surface area contributed by atoms with Gasteiger partial charge in [-0.05, 0) is 31.0 Å². The molecule has 140 valence electrons. The lowest BCUT2D eigenvalue weighted by atomic mass is 9.95. The second-order valence-electron chi connectivity index (χ2n) is 7.41. The van der Waals surface area contributed by atoms with Crippen LogP contribution in [0.2, 0.25) is 0 Å². The summed E-state index contributed by atoms with van der Waals surface area (Å²) in [6.07, 6.45) is 7.57. The number of pyridine rings is 1. The summed E-state index contributed by atoms with van der Waals surface area (Å²) >= 11 is 0. The highest BCUT2D eigenvalue weighted by Gasteiger charge is 2.21. The zero-order valence-electron chi connectivity index (χ0n) is 15.7. The zero-order chi connectivity index (χ0) is 18.9. The van der Waals surface area contributed by atoms with E-state index in [1.54, 1.807) is 10.7 Å². The SMILES string of the molecule is O=c1ccc(-c2c(-c3ccccc3)nn3ccccc23)nn1C1CCCCC1. The van der Waals surface area contributed by atoms with Gasteiger partial charge >= 0.3 is 0 Å². The summed E-state index contributed by atoms with van der Waals surface area (Å²) in [6, 6.07) is 19.8. The fraction of sp³-hybridized carbons (Fsp3) is 0.261. The molecule has 0 atom stereocenters. The Bertz CT molecular complexity index is 1170. The zero-order valence-corrected chi connectivity index (χ0v) is 15.7. The molecule has 3 heterocycles. The third-order valence-corrected chi connectivity index (χ3v) is 5.59. The first-order valence-corrected chi connectivity index (χ1v) is 9.94. The van der Waals surface area contributed by atoms with Gasteiger partial charge in [-0.25, -0.2) is 9.20 Å². The normalized spacial score (nSPS) is 15.1. The fourth-order valence-electron chi connectivity index (χ4n) is 4.20. The van der Waals surface area contributed by atoms with Crippen LogP contribution in [0.4, 0.5) is 0 Å². The molecular weight excluding hydrogens is 348 g/mol. The van der Waals surface area contributed by atoms with E-state index in [-0.39, 0.29) is 11.6 Å². The van der Waals surface area contributed by atoms with Gasteiger partial charge < -0.3 is 0 Å². The number of hydrogen-bond acceptors (Lipinski definition) is 3. The maximum atomic E-state index is 12.5. The van der Waals surface area contributed by atoms with Gasteiger partial charge in [-0.2, -0.15) is 10.2 Å². The van der Waals surface area contributed by atoms with Crippen LogP contribution in [0.5, 0.6) is 0 Å². The highest BCUT2D eigenvalue weighted by molar-refractivity contribution is 5.90. The van der Waals surface area contributed by atoms with E-state index in [2.05, 4.69) is 12.1 Å². The minimum Gasteiger partial charge on any atom is -0.268 e. The Hall–Kier alpha value is -3.21. The molecule has 1 fully saturated rings. The van der Waals surface area contributed by atoms with E-state index in [9.17, 15) is 4.79 Å². The van der Waals surface area contributed by atoms with E-state index in [4.69, 9.17) is 10.2 Å². The second kappa shape index (κ2) is 7.08. The highest BCUT2D eigenvalue weighted by atomic mass is 16.1. The number of fused-ring (bicyclic) bond motifs is 1. The maximum Gasteiger partial charge on any atom is 0.267 e. The van der Waals surface area contributed by atoms with E-state index in [1.807, 2.05) is 53.2 Å². The quantitative estimate of drug-likeness (QED) is 0.524. The van der Waals surface area contributed by atoms with Crippen LogP contribution in [0.3, 0.4) is 0 Å². The number of rotatable bonds is 3. The Balaban J connectivity index is 1.72. The van der Waals surface area contributed by atoms with Gasteiger partial charge in [0.25, 0.3) is 5.56 Å². The van der Waals surface area contributed by atoms with E-state index in [0.29, 0.717) is 0 Å². The number of aromatic nitrogens is 4. The van der Waals surface area contributed by atoms with Gasteiger partial charge in [0.1, 0.15) is 5.69 Å². The van der Waals surface area contributed by atoms with Crippen LogP contribution in [0.15, 0.2) is 71.7 Å². The third kappa shape index (κ3) is 2.93. The Labute approximate surface area is 163 Å². The van der Waals surface area contributed by atoms with Crippen LogP contribution in [0.25, 0.3) is 28.0 Å². The van der Waals surface area contributed by atoms with Crippen molar-refractivity contribution in [3.8, 4) is 22.5 Å². The Morgan fingerprint density at radius 1 is 0.821 bits per heavy atom. The molecule has 5 rings (SSSR count). The predicted octanol–water partition coefficient (Wildman–Crippen LogP) is 4.73. The predicted molar refractivity (Wildman–Crippen MR) is 110 cm³/mol. The van der Waals surface area contributed by atoms with Gasteiger partial charge in [0, 0.05) is 17.8 Å². The van der Waals surface area contributed by atoms with Crippen molar-refractivity contribution in [2.24, 2.45) is 0 Å². The van der Waals surface area contributed by atoms with Crippen LogP contribution in [0, 0.1) is 0 Å². The molecule has 0 bridgehead atoms. The van der Waals surface area contributed by atoms with Crippen molar-refractivity contribution in [1.29, 1.82) is 0 Å². The summed E-state index contributed by atoms with van der Waals surface area (Å²) in [6.45, 7) is 0. The van der Waals surface area contributed by atoms with Gasteiger partial charge in [-0.1, -0.05) is 55.7 Å². The summed E-state index contributed by atoms with van der Waals surface area (Å²) in [4.78, 5) is 12.5. The van der Waals surface area contributed by atoms with E-state index in [0.717, 1.165) is 53.7 Å². The summed E-state index contributed by atoms with van der Waals surface area (Å²) < 4.78 is 3.59. The first-order valence-electron chi connectivity index (χ1n) is 9.94. The van der Waals surface area contributed by atoms with Crippen molar-refractivity contribution in [2.45, 2.75) is 38.1 Å². The Morgan fingerprint density at radius 2 is 1.61 bits per heavy atom. The minimum atomic E-state index is -0.0200. The third-order valence-electron chi connectivity index (χ3n) is 5.59. The molecule has 0 N–H and O–H groups in total. The first kappa shape index (κ1) is 16.9. The molecule has 0 aliphatic heterocycles. The minimum absolute atomic E-state index is 0.0200. The van der Waals surface area contributed by atoms with Crippen molar-refractivity contribution in [1.82, 2.24) is 19.4 Å². The van der Waals surface area contributed by atoms with Crippen LogP contribution < -0.4 is 5.56 Å². The average molecular weight is 370 g/mol. The first-order chi connectivity index (χ1) is 13.8. The van der Waals surface area contributed by atoms with E-state index < -0.39 is 0 Å². The van der Waals surface area contributed by atoms with Crippen molar-refractivity contribution < 1.29 is 0 Å². The van der Waals surface area contributed by atoms with E-state index in [1.165, 1.54) is 6.42 Å². The topological polar surface area (TPSA) is 52.2 Å². The molecule has 1 saturated carbocycles. The molecule has 1 aliphatic rings. The maximum absolute atomic E-state index is 12.5. The monoisotopic (exact) mass is 370 g/mol. The van der Waals surface area contributed by atoms with E-state index >= 15 is 0 Å². The molecule has 1 aromatic carbocycles. The standard InChI is InChI=1S/C23H22N4O/c28-21-15-14-19(24-27(21)18-11-5-2-6-12-18)22-20-13-7-8-16-26(20)25-23(22)17-9-3-1-4-10-17/h1,3-4,7-10,13-16,18H,2,5-6,11-12H2. The lowest BCUT2D eigenvalue weighted by Crippen LogP contribution is -2.28. The van der Waals surface area contributed by atoms with Crippen LogP contribution in [0.1, 0.15) is 38.1 Å². The van der Waals surface area contributed by atoms with Crippen LogP contribution in [-0.2, 0) is 0 Å². The smallest absolute Gasteiger partial charge is 0.267 e.